The van der Waals surface area contributed by atoms with E-state index in [2.05, 4.69) is 32.6 Å². The minimum atomic E-state index is -0.440. The normalized spacial score (nSPS) is 10.7. The van der Waals surface area contributed by atoms with E-state index in [1.807, 2.05) is 6.07 Å². The summed E-state index contributed by atoms with van der Waals surface area (Å²) in [4.78, 5) is 6.51. The molecule has 0 atom stereocenters. The number of fused-ring (bicyclic) bond motifs is 1. The van der Waals surface area contributed by atoms with Gasteiger partial charge in [0, 0.05) is 21.2 Å². The summed E-state index contributed by atoms with van der Waals surface area (Å²) in [7, 11) is 0. The quantitative estimate of drug-likeness (QED) is 0.572. The predicted octanol–water partition coefficient (Wildman–Crippen LogP) is 2.31. The molecule has 2 nitrogen and oxygen atoms in total. The van der Waals surface area contributed by atoms with Gasteiger partial charge in [-0.3, -0.25) is 0 Å². The van der Waals surface area contributed by atoms with Crippen LogP contribution in [0.3, 0.4) is 0 Å². The molecule has 0 aromatic carbocycles. The van der Waals surface area contributed by atoms with E-state index in [1.165, 1.54) is 6.07 Å². The van der Waals surface area contributed by atoms with Gasteiger partial charge in [-0.2, -0.15) is 4.39 Å². The Balaban J connectivity index is 2.91. The molecule has 0 aliphatic heterocycles. The lowest BCUT2D eigenvalue weighted by molar-refractivity contribution is 0.587. The third-order valence-corrected chi connectivity index (χ3v) is 2.34. The number of hydrogen-bond acceptors (Lipinski definition) is 1. The van der Waals surface area contributed by atoms with E-state index in [0.717, 1.165) is 8.96 Å². The second-order valence-electron chi connectivity index (χ2n) is 2.17. The van der Waals surface area contributed by atoms with Crippen LogP contribution in [-0.2, 0) is 0 Å². The van der Waals surface area contributed by atoms with Crippen molar-refractivity contribution in [1.82, 2.24) is 9.97 Å². The van der Waals surface area contributed by atoms with Gasteiger partial charge in [0.1, 0.15) is 5.65 Å². The molecule has 0 aliphatic rings. The fourth-order valence-corrected chi connectivity index (χ4v) is 1.66. The fraction of sp³-hybridized carbons (Fsp3) is 0. The average Bonchev–Trinajstić information content (AvgIpc) is 2.34. The molecule has 2 aromatic heterocycles. The van der Waals surface area contributed by atoms with Gasteiger partial charge in [0.25, 0.3) is 0 Å². The minimum absolute atomic E-state index is 0.440. The van der Waals surface area contributed by atoms with Crippen LogP contribution in [0, 0.1) is 9.52 Å². The molecule has 1 N–H and O–H groups in total. The van der Waals surface area contributed by atoms with E-state index >= 15 is 0 Å². The van der Waals surface area contributed by atoms with E-state index in [-0.39, 0.29) is 0 Å². The zero-order valence-electron chi connectivity index (χ0n) is 5.44. The highest BCUT2D eigenvalue weighted by Crippen LogP contribution is 2.17. The number of pyridine rings is 1. The van der Waals surface area contributed by atoms with Gasteiger partial charge in [0.2, 0.25) is 5.95 Å². The number of rotatable bonds is 0. The van der Waals surface area contributed by atoms with Crippen molar-refractivity contribution < 1.29 is 4.39 Å². The Morgan fingerprint density at radius 1 is 1.55 bits per heavy atom. The Kier molecular flexibility index (Phi) is 1.56. The van der Waals surface area contributed by atoms with Crippen LogP contribution in [0.25, 0.3) is 11.0 Å². The SMILES string of the molecule is Fc1cc(I)c2cc[nH]c2n1. The molecule has 0 bridgehead atoms. The van der Waals surface area contributed by atoms with Crippen LogP contribution < -0.4 is 0 Å². The van der Waals surface area contributed by atoms with Crippen LogP contribution in [0.5, 0.6) is 0 Å². The van der Waals surface area contributed by atoms with Crippen molar-refractivity contribution in [3.8, 4) is 0 Å². The molecule has 2 rings (SSSR count). The summed E-state index contributed by atoms with van der Waals surface area (Å²) in [6.07, 6.45) is 1.75. The van der Waals surface area contributed by atoms with Crippen molar-refractivity contribution in [2.45, 2.75) is 0 Å². The first-order chi connectivity index (χ1) is 5.27. The van der Waals surface area contributed by atoms with Crippen molar-refractivity contribution in [3.63, 3.8) is 0 Å². The van der Waals surface area contributed by atoms with Gasteiger partial charge < -0.3 is 4.98 Å². The lowest BCUT2D eigenvalue weighted by Gasteiger charge is -1.92. The summed E-state index contributed by atoms with van der Waals surface area (Å²) in [5, 5.41) is 0.965. The number of aromatic amines is 1. The zero-order valence-corrected chi connectivity index (χ0v) is 7.59. The molecule has 0 radical (unpaired) electrons. The Hall–Kier alpha value is -0.650. The summed E-state index contributed by atoms with van der Waals surface area (Å²) >= 11 is 2.08. The molecule has 0 aliphatic carbocycles. The number of nitrogens with one attached hydrogen (secondary N) is 1. The maximum absolute atomic E-state index is 12.6. The van der Waals surface area contributed by atoms with Crippen LogP contribution in [0.15, 0.2) is 18.3 Å². The molecule has 0 spiro atoms. The summed E-state index contributed by atoms with van der Waals surface area (Å²) < 4.78 is 13.5. The topological polar surface area (TPSA) is 28.7 Å². The average molecular weight is 262 g/mol. The van der Waals surface area contributed by atoms with Crippen LogP contribution >= 0.6 is 22.6 Å². The van der Waals surface area contributed by atoms with E-state index in [4.69, 9.17) is 0 Å². The molecule has 4 heteroatoms. The summed E-state index contributed by atoms with van der Waals surface area (Å²) in [6.45, 7) is 0. The van der Waals surface area contributed by atoms with E-state index in [1.54, 1.807) is 6.20 Å². The van der Waals surface area contributed by atoms with Gasteiger partial charge in [-0.15, -0.1) is 0 Å². The molecular weight excluding hydrogens is 258 g/mol. The van der Waals surface area contributed by atoms with Crippen molar-refractivity contribution in [3.05, 3.63) is 27.8 Å². The Morgan fingerprint density at radius 2 is 2.36 bits per heavy atom. The molecule has 2 aromatic rings. The van der Waals surface area contributed by atoms with Crippen LogP contribution in [0.4, 0.5) is 4.39 Å². The van der Waals surface area contributed by atoms with Gasteiger partial charge in [0.05, 0.1) is 0 Å². The van der Waals surface area contributed by atoms with Crippen LogP contribution in [-0.4, -0.2) is 9.97 Å². The Labute approximate surface area is 76.0 Å². The highest BCUT2D eigenvalue weighted by Gasteiger charge is 2.02. The molecule has 0 saturated heterocycles. The van der Waals surface area contributed by atoms with Gasteiger partial charge in [0.15, 0.2) is 0 Å². The third-order valence-electron chi connectivity index (χ3n) is 1.45. The maximum atomic E-state index is 12.6. The van der Waals surface area contributed by atoms with Crippen molar-refractivity contribution in [2.24, 2.45) is 0 Å². The van der Waals surface area contributed by atoms with Gasteiger partial charge >= 0.3 is 0 Å². The molecule has 0 amide bonds. The lowest BCUT2D eigenvalue weighted by Crippen LogP contribution is -1.85. The van der Waals surface area contributed by atoms with Crippen molar-refractivity contribution in [2.75, 3.05) is 0 Å². The number of aromatic nitrogens is 2. The third kappa shape index (κ3) is 1.11. The first kappa shape index (κ1) is 7.02. The van der Waals surface area contributed by atoms with Gasteiger partial charge in [-0.25, -0.2) is 4.98 Å². The molecule has 2 heterocycles. The first-order valence-electron chi connectivity index (χ1n) is 3.06. The summed E-state index contributed by atoms with van der Waals surface area (Å²) in [5.41, 5.74) is 0.606. The van der Waals surface area contributed by atoms with E-state index in [0.29, 0.717) is 5.65 Å². The minimum Gasteiger partial charge on any atom is -0.346 e. The lowest BCUT2D eigenvalue weighted by atomic mass is 10.3. The monoisotopic (exact) mass is 262 g/mol. The molecule has 0 fully saturated rings. The van der Waals surface area contributed by atoms with Crippen LogP contribution in [0.1, 0.15) is 0 Å². The number of nitrogens with zero attached hydrogens (tertiary/aromatic N) is 1. The predicted molar refractivity (Wildman–Crippen MR) is 48.8 cm³/mol. The maximum Gasteiger partial charge on any atom is 0.215 e. The Morgan fingerprint density at radius 3 is 3.18 bits per heavy atom. The number of halogens is 2. The molecular formula is C7H4FIN2. The largest absolute Gasteiger partial charge is 0.346 e. The van der Waals surface area contributed by atoms with E-state index in [9.17, 15) is 4.39 Å². The summed E-state index contributed by atoms with van der Waals surface area (Å²) in [6, 6.07) is 3.29. The standard InChI is InChI=1S/C7H4FIN2/c8-6-3-5(9)4-1-2-10-7(4)11-6/h1-3H,(H,10,11). The second-order valence-corrected chi connectivity index (χ2v) is 3.33. The number of hydrogen-bond donors (Lipinski definition) is 1. The number of H-pyrrole nitrogens is 1. The highest BCUT2D eigenvalue weighted by molar-refractivity contribution is 14.1. The zero-order chi connectivity index (χ0) is 7.84. The van der Waals surface area contributed by atoms with Crippen LogP contribution in [0.2, 0.25) is 0 Å². The van der Waals surface area contributed by atoms with Crippen molar-refractivity contribution in [1.29, 1.82) is 0 Å². The van der Waals surface area contributed by atoms with Gasteiger partial charge in [-0.1, -0.05) is 0 Å². The highest BCUT2D eigenvalue weighted by atomic mass is 127. The Bertz CT molecular complexity index is 396. The van der Waals surface area contributed by atoms with Crippen molar-refractivity contribution >= 4 is 33.6 Å². The molecule has 56 valence electrons. The molecule has 0 unspecified atom stereocenters. The fourth-order valence-electron chi connectivity index (χ4n) is 0.967. The second kappa shape index (κ2) is 2.44. The molecule has 11 heavy (non-hydrogen) atoms. The van der Waals surface area contributed by atoms with Gasteiger partial charge in [-0.05, 0) is 28.7 Å². The summed E-state index contributed by atoms with van der Waals surface area (Å²) in [5.74, 6) is -0.440. The smallest absolute Gasteiger partial charge is 0.215 e. The first-order valence-corrected chi connectivity index (χ1v) is 4.14. The van der Waals surface area contributed by atoms with E-state index < -0.39 is 5.95 Å². The molecule has 0 saturated carbocycles.